The summed E-state index contributed by atoms with van der Waals surface area (Å²) in [6.45, 7) is 4.43. The first-order chi connectivity index (χ1) is 25.8. The Labute approximate surface area is 336 Å². The molecule has 2 aromatic heterocycles. The Morgan fingerprint density at radius 1 is 0.604 bits per heavy atom. The van der Waals surface area contributed by atoms with Gasteiger partial charge in [-0.3, -0.25) is 0 Å². The highest BCUT2D eigenvalue weighted by Gasteiger charge is 2.28. The molecule has 0 radical (unpaired) electrons. The number of nitrogens with zero attached hydrogens (tertiary/aromatic N) is 4. The van der Waals surface area contributed by atoms with Gasteiger partial charge in [-0.15, -0.1) is 0 Å². The molecule has 0 N–H and O–H groups in total. The van der Waals surface area contributed by atoms with Gasteiger partial charge in [-0.05, 0) is 83.6 Å². The molecule has 6 nitrogen and oxygen atoms in total. The standard InChI is InChI=1S/C42H42Cl4N4O2S/c1-5-7-35(49-19-17-47-25-49)41-29(21-27-9-11-31(43)33(45)23-27)37(51-3)13-15-39(41)53-40-16-14-38(52-4)30(22-28-10-12-32(44)34(46)24-28)42(40)36(8-6-2)50-20-18-48-26-50/h9-20,23-26,35-36H,5-8,21-22H2,1-4H3. The van der Waals surface area contributed by atoms with Crippen molar-refractivity contribution in [1.82, 2.24) is 19.1 Å². The zero-order valence-corrected chi connectivity index (χ0v) is 34.0. The lowest BCUT2D eigenvalue weighted by Crippen LogP contribution is -2.15. The minimum Gasteiger partial charge on any atom is -0.496 e. The van der Waals surface area contributed by atoms with Gasteiger partial charge in [0, 0.05) is 58.5 Å². The molecule has 6 aromatic rings. The zero-order chi connectivity index (χ0) is 37.5. The van der Waals surface area contributed by atoms with Crippen LogP contribution in [0.25, 0.3) is 0 Å². The number of halogens is 4. The highest BCUT2D eigenvalue weighted by molar-refractivity contribution is 7.99. The Kier molecular flexibility index (Phi) is 13.4. The van der Waals surface area contributed by atoms with E-state index in [0.717, 1.165) is 69.2 Å². The van der Waals surface area contributed by atoms with E-state index in [0.29, 0.717) is 32.9 Å². The fraction of sp³-hybridized carbons (Fsp3) is 0.286. The van der Waals surface area contributed by atoms with E-state index in [4.69, 9.17) is 55.9 Å². The summed E-state index contributed by atoms with van der Waals surface area (Å²) in [4.78, 5) is 11.2. The van der Waals surface area contributed by atoms with Crippen LogP contribution in [0.4, 0.5) is 0 Å². The van der Waals surface area contributed by atoms with Crippen LogP contribution in [-0.2, 0) is 12.8 Å². The average Bonchev–Trinajstić information content (AvgIpc) is 3.90. The van der Waals surface area contributed by atoms with Crippen LogP contribution in [0.1, 0.15) is 85.0 Å². The van der Waals surface area contributed by atoms with Crippen LogP contribution in [0.3, 0.4) is 0 Å². The second-order valence-electron chi connectivity index (χ2n) is 12.9. The van der Waals surface area contributed by atoms with Gasteiger partial charge in [0.1, 0.15) is 11.5 Å². The van der Waals surface area contributed by atoms with Crippen LogP contribution in [0.15, 0.2) is 108 Å². The molecular weight excluding hydrogens is 766 g/mol. The van der Waals surface area contributed by atoms with Crippen LogP contribution in [0, 0.1) is 0 Å². The van der Waals surface area contributed by atoms with Crippen molar-refractivity contribution in [2.45, 2.75) is 74.2 Å². The van der Waals surface area contributed by atoms with Crippen LogP contribution >= 0.6 is 58.2 Å². The predicted octanol–water partition coefficient (Wildman–Crippen LogP) is 12.8. The third-order valence-corrected chi connectivity index (χ3v) is 12.1. The number of ether oxygens (including phenoxy) is 2. The molecule has 2 heterocycles. The molecule has 11 heteroatoms. The number of benzene rings is 4. The van der Waals surface area contributed by atoms with Crippen molar-refractivity contribution in [3.8, 4) is 11.5 Å². The first kappa shape index (κ1) is 39.1. The Hall–Kier alpha value is -3.59. The van der Waals surface area contributed by atoms with Gasteiger partial charge in [0.2, 0.25) is 0 Å². The molecule has 2 unspecified atom stereocenters. The summed E-state index contributed by atoms with van der Waals surface area (Å²) in [5, 5.41) is 2.09. The van der Waals surface area contributed by atoms with Gasteiger partial charge in [0.15, 0.2) is 0 Å². The van der Waals surface area contributed by atoms with E-state index >= 15 is 0 Å². The lowest BCUT2D eigenvalue weighted by molar-refractivity contribution is 0.406. The van der Waals surface area contributed by atoms with E-state index < -0.39 is 0 Å². The summed E-state index contributed by atoms with van der Waals surface area (Å²) in [7, 11) is 3.46. The second-order valence-corrected chi connectivity index (χ2v) is 15.6. The Morgan fingerprint density at radius 2 is 1.04 bits per heavy atom. The maximum Gasteiger partial charge on any atom is 0.122 e. The molecule has 276 valence electrons. The molecule has 0 aliphatic carbocycles. The summed E-state index contributed by atoms with van der Waals surface area (Å²) in [6.07, 6.45) is 16.5. The molecular formula is C42H42Cl4N4O2S. The zero-order valence-electron chi connectivity index (χ0n) is 30.2. The highest BCUT2D eigenvalue weighted by atomic mass is 35.5. The molecule has 0 spiro atoms. The van der Waals surface area contributed by atoms with Gasteiger partial charge in [-0.1, -0.05) is 97.0 Å². The number of rotatable bonds is 16. The van der Waals surface area contributed by atoms with E-state index in [1.807, 2.05) is 73.8 Å². The Bertz CT molecular complexity index is 1990. The summed E-state index contributed by atoms with van der Waals surface area (Å²) < 4.78 is 16.6. The van der Waals surface area contributed by atoms with Gasteiger partial charge in [-0.2, -0.15) is 0 Å². The quantitative estimate of drug-likeness (QED) is 0.0975. The molecule has 0 fully saturated rings. The highest BCUT2D eigenvalue weighted by Crippen LogP contribution is 2.47. The minimum atomic E-state index is -0.00432. The van der Waals surface area contributed by atoms with Gasteiger partial charge >= 0.3 is 0 Å². The van der Waals surface area contributed by atoms with Crippen molar-refractivity contribution in [2.24, 2.45) is 0 Å². The molecule has 53 heavy (non-hydrogen) atoms. The molecule has 0 saturated heterocycles. The van der Waals surface area contributed by atoms with E-state index in [9.17, 15) is 0 Å². The minimum absolute atomic E-state index is 0.00432. The van der Waals surface area contributed by atoms with Crippen LogP contribution in [0.2, 0.25) is 20.1 Å². The molecule has 0 bridgehead atoms. The predicted molar refractivity (Wildman–Crippen MR) is 219 cm³/mol. The number of imidazole rings is 2. The monoisotopic (exact) mass is 806 g/mol. The molecule has 4 aromatic carbocycles. The molecule has 0 aliphatic rings. The SMILES string of the molecule is CCCC(c1c(Sc2ccc(OC)c(Cc3ccc(Cl)c(Cl)c3)c2C(CCC)n2ccnc2)ccc(OC)c1Cc1ccc(Cl)c(Cl)c1)n1ccnc1. The van der Waals surface area contributed by atoms with Gasteiger partial charge in [0.25, 0.3) is 0 Å². The number of aromatic nitrogens is 4. The summed E-state index contributed by atoms with van der Waals surface area (Å²) in [6, 6.07) is 20.2. The second kappa shape index (κ2) is 18.2. The Morgan fingerprint density at radius 3 is 1.38 bits per heavy atom. The van der Waals surface area contributed by atoms with Crippen molar-refractivity contribution in [3.05, 3.63) is 152 Å². The maximum atomic E-state index is 6.54. The lowest BCUT2D eigenvalue weighted by atomic mass is 9.91. The topological polar surface area (TPSA) is 54.1 Å². The summed E-state index contributed by atoms with van der Waals surface area (Å²) in [5.74, 6) is 1.63. The first-order valence-electron chi connectivity index (χ1n) is 17.7. The first-order valence-corrected chi connectivity index (χ1v) is 20.0. The fourth-order valence-corrected chi connectivity index (χ4v) is 8.96. The van der Waals surface area contributed by atoms with Crippen LogP contribution in [0.5, 0.6) is 11.5 Å². The van der Waals surface area contributed by atoms with E-state index in [-0.39, 0.29) is 12.1 Å². The summed E-state index contributed by atoms with van der Waals surface area (Å²) >= 11 is 27.6. The maximum absolute atomic E-state index is 6.54. The van der Waals surface area contributed by atoms with Crippen molar-refractivity contribution in [1.29, 1.82) is 0 Å². The van der Waals surface area contributed by atoms with Crippen LogP contribution < -0.4 is 9.47 Å². The van der Waals surface area contributed by atoms with E-state index in [1.54, 1.807) is 26.0 Å². The van der Waals surface area contributed by atoms with Gasteiger partial charge in [-0.25, -0.2) is 9.97 Å². The van der Waals surface area contributed by atoms with E-state index in [1.165, 1.54) is 11.1 Å². The van der Waals surface area contributed by atoms with Crippen molar-refractivity contribution < 1.29 is 9.47 Å². The third kappa shape index (κ3) is 8.87. The normalized spacial score (nSPS) is 12.5. The third-order valence-electron chi connectivity index (χ3n) is 9.50. The van der Waals surface area contributed by atoms with Crippen LogP contribution in [-0.4, -0.2) is 33.3 Å². The van der Waals surface area contributed by atoms with Gasteiger partial charge in [0.05, 0.1) is 59.0 Å². The number of hydrogen-bond acceptors (Lipinski definition) is 5. The smallest absolute Gasteiger partial charge is 0.122 e. The lowest BCUT2D eigenvalue weighted by Gasteiger charge is -2.29. The van der Waals surface area contributed by atoms with Crippen molar-refractivity contribution in [2.75, 3.05) is 14.2 Å². The molecule has 0 amide bonds. The summed E-state index contributed by atoms with van der Waals surface area (Å²) in [5.41, 5.74) is 6.63. The van der Waals surface area contributed by atoms with Crippen molar-refractivity contribution in [3.63, 3.8) is 0 Å². The largest absolute Gasteiger partial charge is 0.496 e. The molecule has 6 rings (SSSR count). The number of hydrogen-bond donors (Lipinski definition) is 0. The van der Waals surface area contributed by atoms with Crippen molar-refractivity contribution >= 4 is 58.2 Å². The fourth-order valence-electron chi connectivity index (χ4n) is 7.07. The molecule has 0 aliphatic heterocycles. The number of methoxy groups -OCH3 is 2. The van der Waals surface area contributed by atoms with E-state index in [2.05, 4.69) is 57.2 Å². The van der Waals surface area contributed by atoms with Gasteiger partial charge < -0.3 is 18.6 Å². The molecule has 2 atom stereocenters. The Balaban J connectivity index is 1.60. The average molecular weight is 809 g/mol. The molecule has 0 saturated carbocycles.